The summed E-state index contributed by atoms with van der Waals surface area (Å²) in [6.45, 7) is 3.95. The van der Waals surface area contributed by atoms with Crippen LogP contribution in [0.1, 0.15) is 17.0 Å². The molecular weight excluding hydrogens is 518 g/mol. The van der Waals surface area contributed by atoms with E-state index in [4.69, 9.17) is 11.6 Å². The van der Waals surface area contributed by atoms with Gasteiger partial charge in [-0.05, 0) is 44.2 Å². The number of benzene rings is 2. The van der Waals surface area contributed by atoms with Crippen LogP contribution in [-0.4, -0.2) is 25.4 Å². The van der Waals surface area contributed by atoms with E-state index in [1.807, 2.05) is 48.7 Å². The Morgan fingerprint density at radius 1 is 1.14 bits per heavy atom. The molecule has 0 saturated heterocycles. The van der Waals surface area contributed by atoms with Crippen molar-refractivity contribution in [2.75, 3.05) is 0 Å². The average molecular weight is 536 g/mol. The molecular formula is C25H18ClN5O3S2. The van der Waals surface area contributed by atoms with Crippen molar-refractivity contribution in [1.29, 1.82) is 0 Å². The first-order valence-electron chi connectivity index (χ1n) is 10.7. The van der Waals surface area contributed by atoms with Crippen molar-refractivity contribution in [3.8, 4) is 5.69 Å². The van der Waals surface area contributed by atoms with Crippen LogP contribution in [0.15, 0.2) is 86.0 Å². The van der Waals surface area contributed by atoms with Crippen LogP contribution in [0.3, 0.4) is 0 Å². The number of para-hydroxylation sites is 2. The van der Waals surface area contributed by atoms with Gasteiger partial charge in [0.05, 0.1) is 36.3 Å². The molecule has 3 heterocycles. The molecule has 0 atom stereocenters. The highest BCUT2D eigenvalue weighted by Gasteiger charge is 2.17. The third kappa shape index (κ3) is 4.46. The zero-order valence-corrected chi connectivity index (χ0v) is 21.5. The maximum atomic E-state index is 13.1. The number of rotatable bonds is 6. The van der Waals surface area contributed by atoms with Gasteiger partial charge in [0.1, 0.15) is 11.2 Å². The van der Waals surface area contributed by atoms with Crippen LogP contribution in [0, 0.1) is 24.0 Å². The van der Waals surface area contributed by atoms with E-state index in [9.17, 15) is 14.9 Å². The highest BCUT2D eigenvalue weighted by Crippen LogP contribution is 2.39. The number of nitro benzene ring substituents is 1. The Hall–Kier alpha value is -3.73. The Morgan fingerprint density at radius 2 is 1.89 bits per heavy atom. The van der Waals surface area contributed by atoms with Crippen LogP contribution in [0.4, 0.5) is 5.69 Å². The van der Waals surface area contributed by atoms with Crippen molar-refractivity contribution < 1.29 is 4.92 Å². The molecule has 0 radical (unpaired) electrons. The number of nitrogens with zero attached hydrogens (tertiary/aromatic N) is 5. The van der Waals surface area contributed by atoms with Gasteiger partial charge in [0, 0.05) is 23.0 Å². The Kier molecular flexibility index (Phi) is 6.48. The van der Waals surface area contributed by atoms with Gasteiger partial charge in [-0.15, -0.1) is 11.3 Å². The molecule has 0 aliphatic rings. The molecule has 0 fully saturated rings. The van der Waals surface area contributed by atoms with Gasteiger partial charge in [-0.3, -0.25) is 14.9 Å². The van der Waals surface area contributed by atoms with Gasteiger partial charge in [-0.25, -0.2) is 4.98 Å². The molecule has 0 unspecified atom stereocenters. The van der Waals surface area contributed by atoms with Gasteiger partial charge in [0.25, 0.3) is 11.2 Å². The average Bonchev–Trinajstić information content (AvgIpc) is 3.39. The Bertz CT molecular complexity index is 1720. The molecule has 2 aromatic carbocycles. The van der Waals surface area contributed by atoms with Crippen molar-refractivity contribution in [3.05, 3.63) is 109 Å². The van der Waals surface area contributed by atoms with E-state index in [-0.39, 0.29) is 11.2 Å². The summed E-state index contributed by atoms with van der Waals surface area (Å²) in [6, 6.07) is 17.8. The van der Waals surface area contributed by atoms with E-state index < -0.39 is 4.92 Å². The quantitative estimate of drug-likeness (QED) is 0.141. The van der Waals surface area contributed by atoms with E-state index in [1.165, 1.54) is 40.2 Å². The maximum Gasteiger partial charge on any atom is 0.283 e. The van der Waals surface area contributed by atoms with Crippen LogP contribution in [0.25, 0.3) is 15.9 Å². The van der Waals surface area contributed by atoms with Gasteiger partial charge in [-0.1, -0.05) is 47.6 Å². The SMILES string of the molecule is Cc1cc(/C=N/n2cnc3sc(Sc4ccccc4[N+](=O)[O-])cc3c2=O)c(C)n1-c1ccccc1Cl. The Labute approximate surface area is 218 Å². The third-order valence-corrected chi connectivity index (χ3v) is 8.11. The number of hydrogen-bond acceptors (Lipinski definition) is 7. The van der Waals surface area contributed by atoms with E-state index in [0.29, 0.717) is 20.1 Å². The first-order chi connectivity index (χ1) is 17.3. The van der Waals surface area contributed by atoms with Gasteiger partial charge in [-0.2, -0.15) is 9.78 Å². The summed E-state index contributed by atoms with van der Waals surface area (Å²) in [5.41, 5.74) is 3.34. The second-order valence-electron chi connectivity index (χ2n) is 7.86. The topological polar surface area (TPSA) is 95.3 Å². The summed E-state index contributed by atoms with van der Waals surface area (Å²) in [7, 11) is 0. The standard InChI is InChI=1S/C25H18ClN5O3S2/c1-15-11-17(16(2)30(15)20-8-4-3-7-19(20)26)13-28-29-14-27-24-18(25(29)32)12-23(36-24)35-22-10-6-5-9-21(22)31(33)34/h3-14H,1-2H3/b28-13+. The minimum Gasteiger partial charge on any atom is -0.316 e. The van der Waals surface area contributed by atoms with E-state index in [0.717, 1.165) is 26.8 Å². The Balaban J connectivity index is 1.46. The molecule has 0 bridgehead atoms. The minimum atomic E-state index is -0.418. The number of thiophene rings is 1. The van der Waals surface area contributed by atoms with Gasteiger partial charge in [0.15, 0.2) is 0 Å². The molecule has 0 amide bonds. The van der Waals surface area contributed by atoms with Gasteiger partial charge >= 0.3 is 0 Å². The van der Waals surface area contributed by atoms with Gasteiger partial charge in [0.2, 0.25) is 0 Å². The third-order valence-electron chi connectivity index (χ3n) is 5.57. The molecule has 0 aliphatic heterocycles. The molecule has 0 aliphatic carbocycles. The number of aryl methyl sites for hydroxylation is 1. The fourth-order valence-electron chi connectivity index (χ4n) is 3.87. The molecule has 0 saturated carbocycles. The second-order valence-corrected chi connectivity index (χ2v) is 10.6. The molecule has 0 spiro atoms. The van der Waals surface area contributed by atoms with Crippen molar-refractivity contribution in [1.82, 2.24) is 14.2 Å². The highest BCUT2D eigenvalue weighted by atomic mass is 35.5. The smallest absolute Gasteiger partial charge is 0.283 e. The largest absolute Gasteiger partial charge is 0.316 e. The van der Waals surface area contributed by atoms with Crippen molar-refractivity contribution in [2.45, 2.75) is 23.0 Å². The van der Waals surface area contributed by atoms with Crippen molar-refractivity contribution in [3.63, 3.8) is 0 Å². The maximum absolute atomic E-state index is 13.1. The zero-order valence-electron chi connectivity index (χ0n) is 19.1. The van der Waals surface area contributed by atoms with Crippen molar-refractivity contribution in [2.24, 2.45) is 5.10 Å². The molecule has 0 N–H and O–H groups in total. The molecule has 36 heavy (non-hydrogen) atoms. The fourth-order valence-corrected chi connectivity index (χ4v) is 6.28. The number of halogens is 1. The lowest BCUT2D eigenvalue weighted by atomic mass is 10.2. The molecule has 5 aromatic rings. The lowest BCUT2D eigenvalue weighted by molar-refractivity contribution is -0.387. The summed E-state index contributed by atoms with van der Waals surface area (Å²) >= 11 is 8.94. The first kappa shape index (κ1) is 24.0. The van der Waals surface area contributed by atoms with Crippen LogP contribution >= 0.6 is 34.7 Å². The molecule has 3 aromatic heterocycles. The predicted molar refractivity (Wildman–Crippen MR) is 144 cm³/mol. The minimum absolute atomic E-state index is 0.0179. The van der Waals surface area contributed by atoms with Crippen molar-refractivity contribution >= 4 is 56.8 Å². The van der Waals surface area contributed by atoms with Crippen LogP contribution in [0.2, 0.25) is 5.02 Å². The number of hydrogen-bond donors (Lipinski definition) is 0. The van der Waals surface area contributed by atoms with E-state index >= 15 is 0 Å². The summed E-state index contributed by atoms with van der Waals surface area (Å²) < 4.78 is 3.96. The molecule has 5 rings (SSSR count). The molecule has 11 heteroatoms. The van der Waals surface area contributed by atoms with Crippen LogP contribution in [-0.2, 0) is 0 Å². The lowest BCUT2D eigenvalue weighted by Gasteiger charge is -2.11. The number of nitro groups is 1. The van der Waals surface area contributed by atoms with Gasteiger partial charge < -0.3 is 4.57 Å². The predicted octanol–water partition coefficient (Wildman–Crippen LogP) is 6.46. The van der Waals surface area contributed by atoms with E-state index in [2.05, 4.69) is 10.1 Å². The Morgan fingerprint density at radius 3 is 2.67 bits per heavy atom. The summed E-state index contributed by atoms with van der Waals surface area (Å²) in [5, 5.41) is 16.7. The fraction of sp³-hybridized carbons (Fsp3) is 0.0800. The van der Waals surface area contributed by atoms with E-state index in [1.54, 1.807) is 30.5 Å². The monoisotopic (exact) mass is 535 g/mol. The summed E-state index contributed by atoms with van der Waals surface area (Å²) in [5.74, 6) is 0. The lowest BCUT2D eigenvalue weighted by Crippen LogP contribution is -2.16. The summed E-state index contributed by atoms with van der Waals surface area (Å²) in [6.07, 6.45) is 3.00. The van der Waals surface area contributed by atoms with Crippen LogP contribution < -0.4 is 5.56 Å². The van der Waals surface area contributed by atoms with Crippen LogP contribution in [0.5, 0.6) is 0 Å². The molecule has 180 valence electrons. The summed E-state index contributed by atoms with van der Waals surface area (Å²) in [4.78, 5) is 29.4. The highest BCUT2D eigenvalue weighted by molar-refractivity contribution is 8.01. The first-order valence-corrected chi connectivity index (χ1v) is 12.8. The second kappa shape index (κ2) is 9.73. The normalized spacial score (nSPS) is 11.5. The zero-order chi connectivity index (χ0) is 25.4. The number of aromatic nitrogens is 3. The number of fused-ring (bicyclic) bond motifs is 1. The molecule has 8 nitrogen and oxygen atoms in total.